The van der Waals surface area contributed by atoms with Gasteiger partial charge in [-0.05, 0) is 55.1 Å². The van der Waals surface area contributed by atoms with E-state index in [9.17, 15) is 24.0 Å². The van der Waals surface area contributed by atoms with Gasteiger partial charge in [0.1, 0.15) is 17.8 Å². The number of ether oxygens (including phenoxy) is 2. The number of amides is 4. The highest BCUT2D eigenvalue weighted by atomic mass is 35.5. The van der Waals surface area contributed by atoms with Gasteiger partial charge in [0.2, 0.25) is 23.5 Å². The van der Waals surface area contributed by atoms with Crippen molar-refractivity contribution in [2.24, 2.45) is 22.4 Å². The molecule has 4 amide bonds. The Morgan fingerprint density at radius 1 is 1.04 bits per heavy atom. The van der Waals surface area contributed by atoms with Gasteiger partial charge in [-0.25, -0.2) is 0 Å². The molecule has 284 valence electrons. The fourth-order valence-electron chi connectivity index (χ4n) is 7.98. The lowest BCUT2D eigenvalue weighted by molar-refractivity contribution is -0.145. The van der Waals surface area contributed by atoms with Crippen LogP contribution in [-0.2, 0) is 40.2 Å². The zero-order valence-electron chi connectivity index (χ0n) is 30.7. The van der Waals surface area contributed by atoms with E-state index < -0.39 is 52.6 Å². The molecule has 4 atom stereocenters. The molecule has 1 aromatic rings. The molecule has 2 saturated carbocycles. The molecule has 1 spiro atoms. The number of Topliss-reactive ketones (excluding diaryl/α,β-unsaturated/α-hetero) is 1. The number of nitrogens with one attached hydrogen (secondary N) is 3. The Bertz CT molecular complexity index is 1600. The van der Waals surface area contributed by atoms with Crippen LogP contribution in [0.15, 0.2) is 17.3 Å². The molecule has 0 bridgehead atoms. The van der Waals surface area contributed by atoms with E-state index in [1.165, 1.54) is 18.4 Å². The van der Waals surface area contributed by atoms with Crippen molar-refractivity contribution in [3.63, 3.8) is 0 Å². The summed E-state index contributed by atoms with van der Waals surface area (Å²) in [5.41, 5.74) is 0.186. The predicted molar refractivity (Wildman–Crippen MR) is 192 cm³/mol. The molecule has 0 aromatic heterocycles. The monoisotopic (exact) mass is 741 g/mol. The van der Waals surface area contributed by atoms with Crippen LogP contribution >= 0.6 is 11.6 Å². The number of nitrogens with zero attached hydrogens (tertiary/aromatic N) is 2. The summed E-state index contributed by atoms with van der Waals surface area (Å²) in [4.78, 5) is 75.7. The molecule has 13 nitrogen and oxygen atoms in total. The third-order valence-corrected chi connectivity index (χ3v) is 11.3. The van der Waals surface area contributed by atoms with Crippen molar-refractivity contribution in [1.29, 1.82) is 0 Å². The average Bonchev–Trinajstić information content (AvgIpc) is 3.75. The highest BCUT2D eigenvalue weighted by Crippen LogP contribution is 2.43. The largest absolute Gasteiger partial charge is 0.466 e. The number of fused-ring (bicyclic) bond motifs is 1. The Morgan fingerprint density at radius 2 is 1.79 bits per heavy atom. The quantitative estimate of drug-likeness (QED) is 0.269. The molecule has 5 aliphatic rings. The van der Waals surface area contributed by atoms with Gasteiger partial charge in [0.15, 0.2) is 12.4 Å². The molecule has 3 N–H and O–H groups in total. The van der Waals surface area contributed by atoms with E-state index in [-0.39, 0.29) is 38.0 Å². The first-order valence-corrected chi connectivity index (χ1v) is 19.1. The number of hydrogen-bond donors (Lipinski definition) is 3. The fourth-order valence-corrected chi connectivity index (χ4v) is 8.22. The Labute approximate surface area is 310 Å². The maximum absolute atomic E-state index is 14.7. The summed E-state index contributed by atoms with van der Waals surface area (Å²) in [6.45, 7) is 6.05. The van der Waals surface area contributed by atoms with E-state index in [0.29, 0.717) is 53.8 Å². The second-order valence-corrected chi connectivity index (χ2v) is 16.8. The third-order valence-electron chi connectivity index (χ3n) is 11.1. The van der Waals surface area contributed by atoms with Crippen LogP contribution in [0.4, 0.5) is 0 Å². The van der Waals surface area contributed by atoms with Crippen LogP contribution in [-0.4, -0.2) is 84.1 Å². The number of halogens is 1. The van der Waals surface area contributed by atoms with Crippen LogP contribution in [0.2, 0.25) is 5.02 Å². The average molecular weight is 742 g/mol. The van der Waals surface area contributed by atoms with E-state index in [1.807, 2.05) is 20.8 Å². The minimum absolute atomic E-state index is 0.00481. The standard InChI is InChI=1S/C38H52ClN5O8/c1-37(2,3)33(42-30(45)14-23-8-6-5-7-9-23)36(49)44-20-38(17-28(43-52-38)26-16-25(39)15-24-19-50-21-51-32(24)26)18-29(44)34(47)41-27(13-12-22-10-11-22)31(46)35(48)40-4/h15-16,22-23,27,29,33H,5-14,17-21H2,1-4H3,(H,40,48)(H,41,47)(H,42,45)/t27-,29-,33+,38+/m0/s1. The van der Waals surface area contributed by atoms with E-state index >= 15 is 0 Å². The van der Waals surface area contributed by atoms with Gasteiger partial charge in [0.25, 0.3) is 5.91 Å². The lowest BCUT2D eigenvalue weighted by Gasteiger charge is -2.36. The Morgan fingerprint density at radius 3 is 2.48 bits per heavy atom. The number of ketones is 1. The van der Waals surface area contributed by atoms with Crippen LogP contribution in [0.5, 0.6) is 5.75 Å². The normalized spacial score (nSPS) is 24.2. The lowest BCUT2D eigenvalue weighted by atomic mass is 9.84. The number of rotatable bonds is 12. The Balaban J connectivity index is 1.27. The minimum atomic E-state index is -1.09. The first-order chi connectivity index (χ1) is 24.8. The third kappa shape index (κ3) is 8.73. The van der Waals surface area contributed by atoms with E-state index in [4.69, 9.17) is 25.9 Å². The second kappa shape index (κ2) is 15.7. The number of benzene rings is 1. The number of oxime groups is 1. The summed E-state index contributed by atoms with van der Waals surface area (Å²) in [6, 6.07) is 0.463. The Hall–Kier alpha value is -3.71. The predicted octanol–water partition coefficient (Wildman–Crippen LogP) is 4.16. The smallest absolute Gasteiger partial charge is 0.289 e. The van der Waals surface area contributed by atoms with Crippen molar-refractivity contribution < 1.29 is 38.3 Å². The fraction of sp³-hybridized carbons (Fsp3) is 0.684. The Kier molecular flexibility index (Phi) is 11.5. The second-order valence-electron chi connectivity index (χ2n) is 16.3. The molecule has 3 fully saturated rings. The van der Waals surface area contributed by atoms with E-state index in [0.717, 1.165) is 44.1 Å². The summed E-state index contributed by atoms with van der Waals surface area (Å²) in [6.07, 6.45) is 9.11. The zero-order valence-corrected chi connectivity index (χ0v) is 31.4. The molecule has 52 heavy (non-hydrogen) atoms. The van der Waals surface area contributed by atoms with Crippen molar-refractivity contribution in [1.82, 2.24) is 20.9 Å². The first kappa shape index (κ1) is 38.0. The SMILES string of the molecule is CNC(=O)C(=O)[C@H](CCC1CC1)NC(=O)[C@@H]1C[C@]2(CC(c3cc(Cl)cc4c3OCOC4)=NO2)CN1C(=O)[C@@H](NC(=O)CC1CCCCC1)C(C)(C)C. The highest BCUT2D eigenvalue weighted by Gasteiger charge is 2.56. The van der Waals surface area contributed by atoms with Crippen LogP contribution in [0.25, 0.3) is 0 Å². The van der Waals surface area contributed by atoms with Gasteiger partial charge in [-0.15, -0.1) is 0 Å². The molecular formula is C38H52ClN5O8. The van der Waals surface area contributed by atoms with Gasteiger partial charge in [-0.1, -0.05) is 69.6 Å². The molecule has 2 aliphatic carbocycles. The highest BCUT2D eigenvalue weighted by molar-refractivity contribution is 6.38. The molecule has 1 aromatic carbocycles. The van der Waals surface area contributed by atoms with Gasteiger partial charge in [-0.2, -0.15) is 0 Å². The molecule has 1 saturated heterocycles. The first-order valence-electron chi connectivity index (χ1n) is 18.7. The lowest BCUT2D eigenvalue weighted by Crippen LogP contribution is -2.59. The number of likely N-dealkylation sites (tertiary alicyclic amines) is 1. The summed E-state index contributed by atoms with van der Waals surface area (Å²) in [5, 5.41) is 13.2. The van der Waals surface area contributed by atoms with Gasteiger partial charge >= 0.3 is 0 Å². The minimum Gasteiger partial charge on any atom is -0.466 e. The molecule has 3 heterocycles. The maximum Gasteiger partial charge on any atom is 0.289 e. The van der Waals surface area contributed by atoms with Crippen LogP contribution in [0, 0.1) is 17.3 Å². The summed E-state index contributed by atoms with van der Waals surface area (Å²) in [7, 11) is 1.38. The van der Waals surface area contributed by atoms with E-state index in [2.05, 4.69) is 21.1 Å². The molecule has 14 heteroatoms. The molecule has 6 rings (SSSR count). The van der Waals surface area contributed by atoms with Crippen molar-refractivity contribution in [2.45, 2.75) is 128 Å². The van der Waals surface area contributed by atoms with Gasteiger partial charge < -0.3 is 35.2 Å². The van der Waals surface area contributed by atoms with E-state index in [1.54, 1.807) is 12.1 Å². The van der Waals surface area contributed by atoms with Crippen molar-refractivity contribution in [3.8, 4) is 5.75 Å². The molecule has 3 aliphatic heterocycles. The van der Waals surface area contributed by atoms with Crippen molar-refractivity contribution in [2.75, 3.05) is 20.4 Å². The zero-order chi connectivity index (χ0) is 37.2. The van der Waals surface area contributed by atoms with Gasteiger partial charge in [0, 0.05) is 42.5 Å². The molecule has 0 unspecified atom stereocenters. The number of hydrogen-bond acceptors (Lipinski definition) is 9. The summed E-state index contributed by atoms with van der Waals surface area (Å²) in [5.74, 6) is -1.38. The van der Waals surface area contributed by atoms with Crippen LogP contribution < -0.4 is 20.7 Å². The summed E-state index contributed by atoms with van der Waals surface area (Å²) >= 11 is 6.47. The number of carbonyl (C=O) groups excluding carboxylic acids is 5. The summed E-state index contributed by atoms with van der Waals surface area (Å²) < 4.78 is 11.3. The topological polar surface area (TPSA) is 165 Å². The van der Waals surface area contributed by atoms with Gasteiger partial charge in [0.05, 0.1) is 24.9 Å². The van der Waals surface area contributed by atoms with Crippen LogP contribution in [0.1, 0.15) is 109 Å². The maximum atomic E-state index is 14.7. The van der Waals surface area contributed by atoms with Crippen molar-refractivity contribution in [3.05, 3.63) is 28.3 Å². The van der Waals surface area contributed by atoms with Crippen LogP contribution in [0.3, 0.4) is 0 Å². The van der Waals surface area contributed by atoms with Gasteiger partial charge in [-0.3, -0.25) is 24.0 Å². The number of likely N-dealkylation sites (N-methyl/N-ethyl adjacent to an activating group) is 1. The van der Waals surface area contributed by atoms with Crippen molar-refractivity contribution >= 4 is 46.7 Å². The molecular weight excluding hydrogens is 690 g/mol. The number of carbonyl (C=O) groups is 5. The molecule has 0 radical (unpaired) electrons.